The molecular formula is C16H14N2O3. The minimum atomic E-state index is -0.257. The zero-order valence-electron chi connectivity index (χ0n) is 11.3. The summed E-state index contributed by atoms with van der Waals surface area (Å²) in [6.07, 6.45) is 6.98. The normalized spacial score (nSPS) is 13.8. The van der Waals surface area contributed by atoms with E-state index in [2.05, 4.69) is 10.6 Å². The third kappa shape index (κ3) is 3.02. The van der Waals surface area contributed by atoms with E-state index in [1.807, 2.05) is 6.07 Å². The highest BCUT2D eigenvalue weighted by molar-refractivity contribution is 6.03. The summed E-state index contributed by atoms with van der Waals surface area (Å²) in [5.74, 6) is -0.353. The molecule has 2 amide bonds. The van der Waals surface area contributed by atoms with E-state index in [-0.39, 0.29) is 11.8 Å². The van der Waals surface area contributed by atoms with Crippen LogP contribution < -0.4 is 10.6 Å². The molecule has 0 spiro atoms. The first kappa shape index (κ1) is 13.2. The van der Waals surface area contributed by atoms with E-state index < -0.39 is 0 Å². The average Bonchev–Trinajstić information content (AvgIpc) is 2.99. The average molecular weight is 282 g/mol. The van der Waals surface area contributed by atoms with Gasteiger partial charge in [-0.3, -0.25) is 9.59 Å². The highest BCUT2D eigenvalue weighted by Crippen LogP contribution is 2.19. The highest BCUT2D eigenvalue weighted by Gasteiger charge is 2.16. The number of nitrogens with one attached hydrogen (secondary N) is 2. The molecule has 0 fully saturated rings. The second kappa shape index (κ2) is 5.66. The second-order valence-electron chi connectivity index (χ2n) is 4.76. The van der Waals surface area contributed by atoms with Crippen LogP contribution in [0.1, 0.15) is 21.5 Å². The van der Waals surface area contributed by atoms with Crippen molar-refractivity contribution in [1.82, 2.24) is 5.32 Å². The molecule has 1 aromatic heterocycles. The van der Waals surface area contributed by atoms with Gasteiger partial charge in [-0.25, -0.2) is 0 Å². The minimum absolute atomic E-state index is 0.0960. The van der Waals surface area contributed by atoms with Crippen molar-refractivity contribution in [1.29, 1.82) is 0 Å². The van der Waals surface area contributed by atoms with E-state index in [9.17, 15) is 9.59 Å². The zero-order valence-corrected chi connectivity index (χ0v) is 11.3. The molecule has 5 heteroatoms. The third-order valence-corrected chi connectivity index (χ3v) is 3.27. The number of carbonyl (C=O) groups is 2. The molecule has 106 valence electrons. The van der Waals surface area contributed by atoms with Gasteiger partial charge in [-0.15, -0.1) is 0 Å². The number of anilines is 1. The van der Waals surface area contributed by atoms with Crippen LogP contribution in [0.25, 0.3) is 6.08 Å². The first-order chi connectivity index (χ1) is 10.2. The van der Waals surface area contributed by atoms with E-state index in [4.69, 9.17) is 4.42 Å². The smallest absolute Gasteiger partial charge is 0.251 e. The molecule has 2 aromatic rings. The third-order valence-electron chi connectivity index (χ3n) is 3.27. The first-order valence-electron chi connectivity index (χ1n) is 6.65. The van der Waals surface area contributed by atoms with Gasteiger partial charge in [0.2, 0.25) is 5.91 Å². The lowest BCUT2D eigenvalue weighted by Crippen LogP contribution is -2.31. The number of furan rings is 1. The molecule has 0 saturated carbocycles. The molecule has 0 radical (unpaired) electrons. The summed E-state index contributed by atoms with van der Waals surface area (Å²) in [5.41, 5.74) is 3.05. The number of amides is 2. The van der Waals surface area contributed by atoms with Crippen LogP contribution in [0.3, 0.4) is 0 Å². The lowest BCUT2D eigenvalue weighted by Gasteiger charge is -2.17. The van der Waals surface area contributed by atoms with Gasteiger partial charge in [-0.2, -0.15) is 0 Å². The number of hydrogen-bond donors (Lipinski definition) is 2. The zero-order chi connectivity index (χ0) is 14.7. The van der Waals surface area contributed by atoms with E-state index in [0.29, 0.717) is 17.8 Å². The molecule has 1 aromatic carbocycles. The predicted octanol–water partition coefficient (Wildman–Crippen LogP) is 2.22. The van der Waals surface area contributed by atoms with Gasteiger partial charge in [0, 0.05) is 29.4 Å². The summed E-state index contributed by atoms with van der Waals surface area (Å²) < 4.78 is 4.91. The van der Waals surface area contributed by atoms with E-state index >= 15 is 0 Å². The Morgan fingerprint density at radius 1 is 1.33 bits per heavy atom. The fraction of sp³-hybridized carbons (Fsp3) is 0.125. The van der Waals surface area contributed by atoms with Gasteiger partial charge in [0.1, 0.15) is 0 Å². The molecule has 1 aliphatic rings. The maximum atomic E-state index is 11.8. The second-order valence-corrected chi connectivity index (χ2v) is 4.76. The van der Waals surface area contributed by atoms with Crippen molar-refractivity contribution in [3.63, 3.8) is 0 Å². The predicted molar refractivity (Wildman–Crippen MR) is 78.9 cm³/mol. The van der Waals surface area contributed by atoms with Crippen molar-refractivity contribution in [3.05, 3.63) is 59.6 Å². The number of carbonyl (C=O) groups excluding carboxylic acids is 2. The Hall–Kier alpha value is -2.82. The number of hydrogen-bond acceptors (Lipinski definition) is 3. The van der Waals surface area contributed by atoms with Crippen molar-refractivity contribution in [3.8, 4) is 0 Å². The van der Waals surface area contributed by atoms with Gasteiger partial charge in [0.25, 0.3) is 5.91 Å². The van der Waals surface area contributed by atoms with E-state index in [0.717, 1.165) is 17.5 Å². The van der Waals surface area contributed by atoms with Crippen molar-refractivity contribution in [2.24, 2.45) is 0 Å². The molecule has 21 heavy (non-hydrogen) atoms. The molecule has 0 atom stereocenters. The van der Waals surface area contributed by atoms with Crippen LogP contribution in [-0.4, -0.2) is 18.4 Å². The molecule has 3 rings (SSSR count). The van der Waals surface area contributed by atoms with Crippen LogP contribution in [0.2, 0.25) is 0 Å². The maximum Gasteiger partial charge on any atom is 0.251 e. The quantitative estimate of drug-likeness (QED) is 0.848. The minimum Gasteiger partial charge on any atom is -0.472 e. The van der Waals surface area contributed by atoms with Crippen molar-refractivity contribution >= 4 is 23.6 Å². The summed E-state index contributed by atoms with van der Waals surface area (Å²) in [7, 11) is 0. The van der Waals surface area contributed by atoms with Gasteiger partial charge < -0.3 is 15.1 Å². The lowest BCUT2D eigenvalue weighted by atomic mass is 10.00. The molecule has 2 N–H and O–H groups in total. The van der Waals surface area contributed by atoms with Gasteiger partial charge in [-0.05, 0) is 36.3 Å². The molecule has 1 aliphatic heterocycles. The van der Waals surface area contributed by atoms with Crippen LogP contribution in [0.15, 0.2) is 47.3 Å². The number of benzene rings is 1. The van der Waals surface area contributed by atoms with Crippen LogP contribution in [0, 0.1) is 0 Å². The van der Waals surface area contributed by atoms with Gasteiger partial charge in [0.05, 0.1) is 12.5 Å². The molecule has 0 aliphatic carbocycles. The Morgan fingerprint density at radius 3 is 3.05 bits per heavy atom. The molecule has 5 nitrogen and oxygen atoms in total. The standard InChI is InChI=1S/C16H14N2O3/c19-15(4-1-11-6-8-21-10-11)18-13-3-2-12-5-7-17-16(20)14(12)9-13/h1-4,6,8-10H,5,7H2,(H,17,20)(H,18,19). The molecule has 0 unspecified atom stereocenters. The van der Waals surface area contributed by atoms with Crippen LogP contribution in [0.4, 0.5) is 5.69 Å². The monoisotopic (exact) mass is 282 g/mol. The summed E-state index contributed by atoms with van der Waals surface area (Å²) in [6, 6.07) is 7.14. The van der Waals surface area contributed by atoms with E-state index in [1.54, 1.807) is 36.8 Å². The Balaban J connectivity index is 1.72. The lowest BCUT2D eigenvalue weighted by molar-refractivity contribution is -0.111. The van der Waals surface area contributed by atoms with Gasteiger partial charge in [-0.1, -0.05) is 6.07 Å². The summed E-state index contributed by atoms with van der Waals surface area (Å²) in [6.45, 7) is 0.658. The SMILES string of the molecule is O=C(C=Cc1ccoc1)Nc1ccc2c(c1)C(=O)NCC2. The van der Waals surface area contributed by atoms with E-state index in [1.165, 1.54) is 6.08 Å². The Labute approximate surface area is 121 Å². The van der Waals surface area contributed by atoms with Crippen LogP contribution in [-0.2, 0) is 11.2 Å². The van der Waals surface area contributed by atoms with Gasteiger partial charge >= 0.3 is 0 Å². The fourth-order valence-corrected chi connectivity index (χ4v) is 2.22. The van der Waals surface area contributed by atoms with Crippen LogP contribution in [0.5, 0.6) is 0 Å². The molecule has 2 heterocycles. The summed E-state index contributed by atoms with van der Waals surface area (Å²) in [4.78, 5) is 23.6. The van der Waals surface area contributed by atoms with Gasteiger partial charge in [0.15, 0.2) is 0 Å². The summed E-state index contributed by atoms with van der Waals surface area (Å²) in [5, 5.41) is 5.53. The maximum absolute atomic E-state index is 11.8. The molecular weight excluding hydrogens is 268 g/mol. The first-order valence-corrected chi connectivity index (χ1v) is 6.65. The summed E-state index contributed by atoms with van der Waals surface area (Å²) >= 11 is 0. The Kier molecular flexibility index (Phi) is 3.55. The van der Waals surface area contributed by atoms with Crippen molar-refractivity contribution in [2.75, 3.05) is 11.9 Å². The molecule has 0 saturated heterocycles. The van der Waals surface area contributed by atoms with Crippen molar-refractivity contribution < 1.29 is 14.0 Å². The Morgan fingerprint density at radius 2 is 2.24 bits per heavy atom. The number of fused-ring (bicyclic) bond motifs is 1. The fourth-order valence-electron chi connectivity index (χ4n) is 2.22. The highest BCUT2D eigenvalue weighted by atomic mass is 16.3. The van der Waals surface area contributed by atoms with Crippen molar-refractivity contribution in [2.45, 2.75) is 6.42 Å². The molecule has 0 bridgehead atoms. The number of rotatable bonds is 3. The topological polar surface area (TPSA) is 71.3 Å². The Bertz CT molecular complexity index is 702. The largest absolute Gasteiger partial charge is 0.472 e. The van der Waals surface area contributed by atoms with Crippen LogP contribution >= 0.6 is 0 Å².